The van der Waals surface area contributed by atoms with Gasteiger partial charge in [0.25, 0.3) is 0 Å². The fourth-order valence-electron chi connectivity index (χ4n) is 0.877. The maximum Gasteiger partial charge on any atom is 0.406 e. The smallest absolute Gasteiger partial charge is 0.406 e. The Labute approximate surface area is 105 Å². The molecular weight excluding hydrogens is 313 g/mol. The van der Waals surface area contributed by atoms with Crippen molar-refractivity contribution in [3.05, 3.63) is 0 Å². The van der Waals surface area contributed by atoms with Crippen molar-refractivity contribution in [1.82, 2.24) is 5.32 Å². The Morgan fingerprint density at radius 3 is 2.80 bits per heavy atom. The minimum atomic E-state index is -0.401. The van der Waals surface area contributed by atoms with Gasteiger partial charge in [0, 0.05) is 19.1 Å². The van der Waals surface area contributed by atoms with Crippen molar-refractivity contribution in [3.8, 4) is 0 Å². The number of alkyl carbamates (subject to hydrolysis) is 1. The molecule has 1 atom stereocenters. The molecule has 90 valence electrons. The van der Waals surface area contributed by atoms with E-state index in [1.807, 2.05) is 23.0 Å². The van der Waals surface area contributed by atoms with Gasteiger partial charge in [-0.2, -0.15) is 0 Å². The SMILES string of the molecule is COC(=O)NCCCOCC(C)COI. The standard InChI is InChI=1S/C9H18INO4/c1-8(7-15-10)6-14-5-3-4-11-9(12)13-2/h8H,3-7H2,1-2H3,(H,11,12). The molecular formula is C9H18INO4. The molecule has 0 bridgehead atoms. The molecule has 0 rings (SSSR count). The van der Waals surface area contributed by atoms with Crippen LogP contribution in [0.5, 0.6) is 0 Å². The topological polar surface area (TPSA) is 56.8 Å². The zero-order valence-corrected chi connectivity index (χ0v) is 11.3. The predicted octanol–water partition coefficient (Wildman–Crippen LogP) is 1.75. The van der Waals surface area contributed by atoms with Crippen molar-refractivity contribution in [2.75, 3.05) is 33.5 Å². The third-order valence-electron chi connectivity index (χ3n) is 1.67. The van der Waals surface area contributed by atoms with Crippen molar-refractivity contribution >= 4 is 29.1 Å². The van der Waals surface area contributed by atoms with Crippen molar-refractivity contribution in [3.63, 3.8) is 0 Å². The third-order valence-corrected chi connectivity index (χ3v) is 2.03. The largest absolute Gasteiger partial charge is 0.453 e. The Morgan fingerprint density at radius 2 is 2.20 bits per heavy atom. The third kappa shape index (κ3) is 10.2. The lowest BCUT2D eigenvalue weighted by atomic mass is 10.2. The van der Waals surface area contributed by atoms with Gasteiger partial charge in [0.2, 0.25) is 0 Å². The maximum atomic E-state index is 10.6. The molecule has 0 aliphatic heterocycles. The Hall–Kier alpha value is -0.0800. The number of methoxy groups -OCH3 is 1. The van der Waals surface area contributed by atoms with E-state index in [0.29, 0.717) is 32.3 Å². The van der Waals surface area contributed by atoms with Gasteiger partial charge in [-0.15, -0.1) is 0 Å². The first-order valence-corrected chi connectivity index (χ1v) is 5.72. The van der Waals surface area contributed by atoms with E-state index in [1.165, 1.54) is 7.11 Å². The van der Waals surface area contributed by atoms with Crippen LogP contribution in [0.2, 0.25) is 0 Å². The molecule has 1 N–H and O–H groups in total. The minimum absolute atomic E-state index is 0.399. The lowest BCUT2D eigenvalue weighted by molar-refractivity contribution is 0.0902. The van der Waals surface area contributed by atoms with E-state index < -0.39 is 6.09 Å². The Kier molecular flexibility index (Phi) is 10.4. The lowest BCUT2D eigenvalue weighted by Gasteiger charge is -2.10. The van der Waals surface area contributed by atoms with Gasteiger partial charge < -0.3 is 17.9 Å². The van der Waals surface area contributed by atoms with Gasteiger partial charge in [-0.05, 0) is 6.42 Å². The van der Waals surface area contributed by atoms with Crippen LogP contribution in [0.25, 0.3) is 0 Å². The number of halogens is 1. The fraction of sp³-hybridized carbons (Fsp3) is 0.889. The van der Waals surface area contributed by atoms with E-state index in [4.69, 9.17) is 7.80 Å². The molecule has 15 heavy (non-hydrogen) atoms. The van der Waals surface area contributed by atoms with Gasteiger partial charge in [0.15, 0.2) is 0 Å². The molecule has 1 unspecified atom stereocenters. The van der Waals surface area contributed by atoms with E-state index in [-0.39, 0.29) is 0 Å². The minimum Gasteiger partial charge on any atom is -0.453 e. The predicted molar refractivity (Wildman–Crippen MR) is 65.0 cm³/mol. The number of hydrogen-bond acceptors (Lipinski definition) is 4. The highest BCUT2D eigenvalue weighted by Gasteiger charge is 2.01. The van der Waals surface area contributed by atoms with Crippen LogP contribution in [0.1, 0.15) is 13.3 Å². The molecule has 0 aliphatic rings. The van der Waals surface area contributed by atoms with Crippen molar-refractivity contribution in [2.45, 2.75) is 13.3 Å². The number of ether oxygens (including phenoxy) is 2. The molecule has 0 saturated heterocycles. The summed E-state index contributed by atoms with van der Waals surface area (Å²) in [6, 6.07) is 0. The molecule has 0 spiro atoms. The van der Waals surface area contributed by atoms with E-state index in [2.05, 4.69) is 17.0 Å². The molecule has 0 radical (unpaired) electrons. The highest BCUT2D eigenvalue weighted by molar-refractivity contribution is 14.1. The molecule has 0 aliphatic carbocycles. The van der Waals surface area contributed by atoms with Crippen molar-refractivity contribution < 1.29 is 17.3 Å². The first-order chi connectivity index (χ1) is 7.20. The van der Waals surface area contributed by atoms with Crippen molar-refractivity contribution in [2.24, 2.45) is 5.92 Å². The van der Waals surface area contributed by atoms with Crippen LogP contribution in [0.4, 0.5) is 4.79 Å². The van der Waals surface area contributed by atoms with Gasteiger partial charge in [-0.3, -0.25) is 0 Å². The number of hydrogen-bond donors (Lipinski definition) is 1. The Balaban J connectivity index is 3.14. The summed E-state index contributed by atoms with van der Waals surface area (Å²) in [5, 5.41) is 2.58. The first-order valence-electron chi connectivity index (χ1n) is 4.83. The van der Waals surface area contributed by atoms with Crippen LogP contribution in [0.3, 0.4) is 0 Å². The highest BCUT2D eigenvalue weighted by Crippen LogP contribution is 2.00. The van der Waals surface area contributed by atoms with Crippen LogP contribution in [0.15, 0.2) is 0 Å². The number of carbonyl (C=O) groups excluding carboxylic acids is 1. The summed E-state index contributed by atoms with van der Waals surface area (Å²) in [6.07, 6.45) is 0.383. The quantitative estimate of drug-likeness (QED) is 0.544. The van der Waals surface area contributed by atoms with Crippen molar-refractivity contribution in [1.29, 1.82) is 0 Å². The Morgan fingerprint density at radius 1 is 1.47 bits per heavy atom. The fourth-order valence-corrected chi connectivity index (χ4v) is 1.49. The number of carbonyl (C=O) groups is 1. The van der Waals surface area contributed by atoms with Crippen LogP contribution in [-0.4, -0.2) is 39.6 Å². The summed E-state index contributed by atoms with van der Waals surface area (Å²) < 4.78 is 14.8. The summed E-state index contributed by atoms with van der Waals surface area (Å²) in [6.45, 7) is 4.65. The van der Waals surface area contributed by atoms with Crippen LogP contribution >= 0.6 is 23.0 Å². The van der Waals surface area contributed by atoms with E-state index in [0.717, 1.165) is 6.42 Å². The van der Waals surface area contributed by atoms with E-state index >= 15 is 0 Å². The summed E-state index contributed by atoms with van der Waals surface area (Å²) in [5.41, 5.74) is 0. The second-order valence-electron chi connectivity index (χ2n) is 3.23. The average molecular weight is 331 g/mol. The zero-order chi connectivity index (χ0) is 11.5. The molecule has 0 aromatic rings. The summed E-state index contributed by atoms with van der Waals surface area (Å²) in [4.78, 5) is 10.6. The monoisotopic (exact) mass is 331 g/mol. The number of rotatable bonds is 8. The van der Waals surface area contributed by atoms with Crippen LogP contribution < -0.4 is 5.32 Å². The second kappa shape index (κ2) is 10.4. The molecule has 0 heterocycles. The second-order valence-corrected chi connectivity index (χ2v) is 3.85. The van der Waals surface area contributed by atoms with Gasteiger partial charge in [-0.1, -0.05) is 6.92 Å². The molecule has 0 saturated carbocycles. The summed E-state index contributed by atoms with van der Waals surface area (Å²) in [7, 11) is 1.34. The summed E-state index contributed by atoms with van der Waals surface area (Å²) >= 11 is 1.87. The Bertz CT molecular complexity index is 168. The highest BCUT2D eigenvalue weighted by atomic mass is 127. The maximum absolute atomic E-state index is 10.6. The normalized spacial score (nSPS) is 12.2. The van der Waals surface area contributed by atoms with E-state index in [1.54, 1.807) is 0 Å². The summed E-state index contributed by atoms with van der Waals surface area (Å²) in [5.74, 6) is 0.399. The zero-order valence-electron chi connectivity index (χ0n) is 9.12. The average Bonchev–Trinajstić information content (AvgIpc) is 2.23. The molecule has 0 aromatic heterocycles. The van der Waals surface area contributed by atoms with Crippen LogP contribution in [0, 0.1) is 5.92 Å². The number of nitrogens with one attached hydrogen (secondary N) is 1. The van der Waals surface area contributed by atoms with Gasteiger partial charge in [0.1, 0.15) is 23.0 Å². The lowest BCUT2D eigenvalue weighted by Crippen LogP contribution is -2.25. The molecule has 0 fully saturated rings. The van der Waals surface area contributed by atoms with Gasteiger partial charge >= 0.3 is 6.09 Å². The number of amides is 1. The molecule has 0 aromatic carbocycles. The molecule has 6 heteroatoms. The van der Waals surface area contributed by atoms with E-state index in [9.17, 15) is 4.79 Å². The first kappa shape index (κ1) is 14.9. The molecule has 5 nitrogen and oxygen atoms in total. The van der Waals surface area contributed by atoms with Crippen LogP contribution in [-0.2, 0) is 12.5 Å². The molecule has 1 amide bonds. The van der Waals surface area contributed by atoms with Gasteiger partial charge in [0.05, 0.1) is 20.3 Å². The van der Waals surface area contributed by atoms with Gasteiger partial charge in [-0.25, -0.2) is 4.79 Å².